The molecular weight excluding hydrogens is 417 g/mol. The first kappa shape index (κ1) is 20.7. The van der Waals surface area contributed by atoms with Gasteiger partial charge in [0.1, 0.15) is 0 Å². The van der Waals surface area contributed by atoms with Crippen molar-refractivity contribution < 1.29 is 18.0 Å². The van der Waals surface area contributed by atoms with Crippen molar-refractivity contribution in [3.63, 3.8) is 0 Å². The molecule has 1 atom stereocenters. The fraction of sp³-hybridized carbons (Fsp3) is 0.526. The Balaban J connectivity index is 1.47. The van der Waals surface area contributed by atoms with E-state index in [4.69, 9.17) is 0 Å². The lowest BCUT2D eigenvalue weighted by Crippen LogP contribution is -2.14. The van der Waals surface area contributed by atoms with Crippen molar-refractivity contribution in [2.24, 2.45) is 5.92 Å². The average Bonchev–Trinajstić information content (AvgIpc) is 3.24. The molecule has 3 heterocycles. The Hall–Kier alpha value is -2.56. The number of amides is 1. The third kappa shape index (κ3) is 4.03. The molecule has 0 bridgehead atoms. The van der Waals surface area contributed by atoms with Gasteiger partial charge in [0.15, 0.2) is 5.13 Å². The molecule has 4 rings (SSSR count). The number of nitrogens with zero attached hydrogens (tertiary/aromatic N) is 5. The van der Waals surface area contributed by atoms with Crippen LogP contribution in [0, 0.1) is 19.8 Å². The molecule has 1 unspecified atom stereocenters. The lowest BCUT2D eigenvalue weighted by molar-refractivity contribution is -0.144. The standard InChI is InChI=1S/C19H21F3N6OS/c1-9-4-6-13-14(8-9)30-18(24-13)25-15(29)7-5-12-10(2)23-17-26-16(19(20,21)22)27-28(17)11(12)3/h9H,4-8H2,1-3H3,(H,24,25,29). The van der Waals surface area contributed by atoms with Crippen LogP contribution in [-0.2, 0) is 30.2 Å². The van der Waals surface area contributed by atoms with Crippen LogP contribution in [0.1, 0.15) is 53.1 Å². The lowest BCUT2D eigenvalue weighted by atomic mass is 9.93. The summed E-state index contributed by atoms with van der Waals surface area (Å²) >= 11 is 1.52. The zero-order valence-corrected chi connectivity index (χ0v) is 17.6. The number of thiazole rings is 1. The fourth-order valence-corrected chi connectivity index (χ4v) is 4.89. The number of carbonyl (C=O) groups excluding carboxylic acids is 1. The second-order valence-corrected chi connectivity index (χ2v) is 8.77. The Morgan fingerprint density at radius 2 is 2.03 bits per heavy atom. The van der Waals surface area contributed by atoms with Gasteiger partial charge in [-0.1, -0.05) is 6.92 Å². The molecule has 7 nitrogen and oxygen atoms in total. The van der Waals surface area contributed by atoms with Gasteiger partial charge in [0, 0.05) is 22.7 Å². The van der Waals surface area contributed by atoms with Gasteiger partial charge in [0.25, 0.3) is 11.6 Å². The summed E-state index contributed by atoms with van der Waals surface area (Å²) in [5, 5.41) is 6.99. The molecule has 3 aromatic heterocycles. The molecule has 0 fully saturated rings. The smallest absolute Gasteiger partial charge is 0.302 e. The lowest BCUT2D eigenvalue weighted by Gasteiger charge is -2.15. The molecule has 0 saturated heterocycles. The van der Waals surface area contributed by atoms with E-state index in [0.29, 0.717) is 34.4 Å². The Bertz CT molecular complexity index is 1120. The van der Waals surface area contributed by atoms with Crippen LogP contribution in [0.3, 0.4) is 0 Å². The van der Waals surface area contributed by atoms with Crippen molar-refractivity contribution in [3.05, 3.63) is 33.3 Å². The molecule has 0 radical (unpaired) electrons. The Kier molecular flexibility index (Phi) is 5.25. The molecule has 30 heavy (non-hydrogen) atoms. The third-order valence-corrected chi connectivity index (χ3v) is 6.37. The number of fused-ring (bicyclic) bond motifs is 2. The van der Waals surface area contributed by atoms with E-state index >= 15 is 0 Å². The van der Waals surface area contributed by atoms with E-state index in [-0.39, 0.29) is 18.1 Å². The minimum absolute atomic E-state index is 0.104. The molecule has 0 aromatic carbocycles. The van der Waals surface area contributed by atoms with Crippen LogP contribution in [0.15, 0.2) is 0 Å². The maximum absolute atomic E-state index is 12.9. The molecule has 0 spiro atoms. The fourth-order valence-electron chi connectivity index (χ4n) is 3.70. The minimum Gasteiger partial charge on any atom is -0.302 e. The van der Waals surface area contributed by atoms with Gasteiger partial charge in [-0.05, 0) is 51.0 Å². The SMILES string of the molecule is Cc1nc2nc(C(F)(F)F)nn2c(C)c1CCC(=O)Nc1nc2c(s1)CC(C)CC2. The number of alkyl halides is 3. The second-order valence-electron chi connectivity index (χ2n) is 7.69. The largest absolute Gasteiger partial charge is 0.453 e. The van der Waals surface area contributed by atoms with Crippen LogP contribution in [0.4, 0.5) is 18.3 Å². The Morgan fingerprint density at radius 3 is 2.77 bits per heavy atom. The van der Waals surface area contributed by atoms with Gasteiger partial charge in [-0.25, -0.2) is 14.5 Å². The molecule has 1 amide bonds. The van der Waals surface area contributed by atoms with E-state index < -0.39 is 12.0 Å². The molecule has 1 N–H and O–H groups in total. The number of anilines is 1. The van der Waals surface area contributed by atoms with Crippen molar-refractivity contribution in [3.8, 4) is 0 Å². The topological polar surface area (TPSA) is 85.1 Å². The third-order valence-electron chi connectivity index (χ3n) is 5.34. The second kappa shape index (κ2) is 7.60. The maximum atomic E-state index is 12.9. The molecule has 0 aliphatic heterocycles. The quantitative estimate of drug-likeness (QED) is 0.668. The number of rotatable bonds is 4. The van der Waals surface area contributed by atoms with E-state index in [2.05, 4.69) is 32.3 Å². The summed E-state index contributed by atoms with van der Waals surface area (Å²) in [6.07, 6.45) is -1.11. The van der Waals surface area contributed by atoms with Crippen molar-refractivity contribution >= 4 is 28.2 Å². The highest BCUT2D eigenvalue weighted by atomic mass is 32.1. The van der Waals surface area contributed by atoms with Crippen molar-refractivity contribution in [1.29, 1.82) is 0 Å². The molecule has 160 valence electrons. The van der Waals surface area contributed by atoms with Crippen molar-refractivity contribution in [2.75, 3.05) is 5.32 Å². The van der Waals surface area contributed by atoms with Gasteiger partial charge in [-0.15, -0.1) is 16.4 Å². The number of nitrogens with one attached hydrogen (secondary N) is 1. The first-order chi connectivity index (χ1) is 14.1. The number of aryl methyl sites for hydroxylation is 3. The number of hydrogen-bond acceptors (Lipinski definition) is 6. The van der Waals surface area contributed by atoms with Gasteiger partial charge < -0.3 is 5.32 Å². The van der Waals surface area contributed by atoms with Gasteiger partial charge in [-0.3, -0.25) is 4.79 Å². The molecule has 11 heteroatoms. The summed E-state index contributed by atoms with van der Waals surface area (Å²) < 4.78 is 39.8. The van der Waals surface area contributed by atoms with Crippen LogP contribution < -0.4 is 5.32 Å². The molecule has 3 aromatic rings. The van der Waals surface area contributed by atoms with Crippen LogP contribution in [-0.4, -0.2) is 30.5 Å². The highest BCUT2D eigenvalue weighted by molar-refractivity contribution is 7.15. The van der Waals surface area contributed by atoms with Crippen molar-refractivity contribution in [1.82, 2.24) is 24.6 Å². The maximum Gasteiger partial charge on any atom is 0.453 e. The van der Waals surface area contributed by atoms with Crippen LogP contribution in [0.2, 0.25) is 0 Å². The molecular formula is C19H21F3N6OS. The summed E-state index contributed by atoms with van der Waals surface area (Å²) in [5.41, 5.74) is 2.78. The summed E-state index contributed by atoms with van der Waals surface area (Å²) in [6, 6.07) is 0. The highest BCUT2D eigenvalue weighted by Gasteiger charge is 2.37. The van der Waals surface area contributed by atoms with Gasteiger partial charge in [-0.2, -0.15) is 18.2 Å². The zero-order chi connectivity index (χ0) is 21.6. The first-order valence-electron chi connectivity index (χ1n) is 9.70. The number of carbonyl (C=O) groups is 1. The predicted molar refractivity (Wildman–Crippen MR) is 106 cm³/mol. The summed E-state index contributed by atoms with van der Waals surface area (Å²) in [5.74, 6) is -0.894. The van der Waals surface area contributed by atoms with E-state index in [1.807, 2.05) is 0 Å². The minimum atomic E-state index is -4.64. The predicted octanol–water partition coefficient (Wildman–Crippen LogP) is 3.91. The molecule has 1 aliphatic carbocycles. The van der Waals surface area contributed by atoms with Crippen molar-refractivity contribution in [2.45, 2.75) is 59.1 Å². The first-order valence-corrected chi connectivity index (χ1v) is 10.5. The zero-order valence-electron chi connectivity index (χ0n) is 16.8. The van der Waals surface area contributed by atoms with E-state index in [0.717, 1.165) is 29.5 Å². The number of halogens is 3. The van der Waals surface area contributed by atoms with Crippen LogP contribution in [0.5, 0.6) is 0 Å². The summed E-state index contributed by atoms with van der Waals surface area (Å²) in [7, 11) is 0. The summed E-state index contributed by atoms with van der Waals surface area (Å²) in [4.78, 5) is 25.8. The van der Waals surface area contributed by atoms with Gasteiger partial charge >= 0.3 is 6.18 Å². The van der Waals surface area contributed by atoms with E-state index in [1.54, 1.807) is 13.8 Å². The normalized spacial score (nSPS) is 16.7. The van der Waals surface area contributed by atoms with Gasteiger partial charge in [0.2, 0.25) is 5.91 Å². The monoisotopic (exact) mass is 438 g/mol. The van der Waals surface area contributed by atoms with E-state index in [9.17, 15) is 18.0 Å². The molecule has 0 saturated carbocycles. The highest BCUT2D eigenvalue weighted by Crippen LogP contribution is 2.32. The number of aromatic nitrogens is 5. The van der Waals surface area contributed by atoms with Crippen LogP contribution in [0.25, 0.3) is 5.78 Å². The average molecular weight is 438 g/mol. The molecule has 1 aliphatic rings. The Labute approximate surface area is 174 Å². The summed E-state index contributed by atoms with van der Waals surface area (Å²) in [6.45, 7) is 5.56. The Morgan fingerprint density at radius 1 is 1.27 bits per heavy atom. The van der Waals surface area contributed by atoms with Crippen LogP contribution >= 0.6 is 11.3 Å². The van der Waals surface area contributed by atoms with Gasteiger partial charge in [0.05, 0.1) is 5.69 Å². The number of hydrogen-bond donors (Lipinski definition) is 1. The van der Waals surface area contributed by atoms with E-state index in [1.165, 1.54) is 16.2 Å².